The van der Waals surface area contributed by atoms with Crippen molar-refractivity contribution in [2.75, 3.05) is 0 Å². The van der Waals surface area contributed by atoms with Crippen LogP contribution in [0.2, 0.25) is 0 Å². The van der Waals surface area contributed by atoms with Crippen molar-refractivity contribution in [2.45, 2.75) is 30.9 Å². The van der Waals surface area contributed by atoms with Crippen LogP contribution < -0.4 is 0 Å². The summed E-state index contributed by atoms with van der Waals surface area (Å²) in [5.41, 5.74) is -0.393. The van der Waals surface area contributed by atoms with E-state index in [1.54, 1.807) is 0 Å². The molecule has 0 amide bonds. The number of halogens is 3. The molecule has 0 aromatic heterocycles. The lowest BCUT2D eigenvalue weighted by atomic mass is 9.33. The van der Waals surface area contributed by atoms with E-state index in [0.717, 1.165) is 5.56 Å². The average Bonchev–Trinajstić information content (AvgIpc) is 1.98. The molecule has 0 nitrogen and oxygen atoms in total. The summed E-state index contributed by atoms with van der Waals surface area (Å²) in [7, 11) is 0. The van der Waals surface area contributed by atoms with Crippen molar-refractivity contribution in [1.82, 2.24) is 0 Å². The van der Waals surface area contributed by atoms with Crippen molar-refractivity contribution >= 4 is 0 Å². The second-order valence-corrected chi connectivity index (χ2v) is 4.95. The predicted octanol–water partition coefficient (Wildman–Crippen LogP) is 3.67. The zero-order valence-electron chi connectivity index (χ0n) is 8.14. The van der Waals surface area contributed by atoms with Gasteiger partial charge >= 0.3 is 6.18 Å². The Morgan fingerprint density at radius 3 is 1.93 bits per heavy atom. The highest BCUT2D eigenvalue weighted by Crippen LogP contribution is 2.78. The van der Waals surface area contributed by atoms with Gasteiger partial charge in [0.15, 0.2) is 0 Å². The molecular weight excluding hydrogens is 201 g/mol. The molecule has 4 rings (SSSR count). The van der Waals surface area contributed by atoms with Crippen molar-refractivity contribution in [2.24, 2.45) is 5.41 Å². The first-order valence-corrected chi connectivity index (χ1v) is 5.10. The summed E-state index contributed by atoms with van der Waals surface area (Å²) in [6.07, 6.45) is -3.10. The maximum Gasteiger partial charge on any atom is 0.394 e. The molecule has 80 valence electrons. The molecular formula is C12H11F3. The molecule has 0 spiro atoms. The number of hydrogen-bond acceptors (Lipinski definition) is 0. The van der Waals surface area contributed by atoms with Crippen LogP contribution >= 0.6 is 0 Å². The molecule has 0 atom stereocenters. The van der Waals surface area contributed by atoms with Gasteiger partial charge in [-0.1, -0.05) is 30.3 Å². The van der Waals surface area contributed by atoms with Crippen LogP contribution in [0.4, 0.5) is 13.2 Å². The molecule has 0 N–H and O–H groups in total. The van der Waals surface area contributed by atoms with Crippen molar-refractivity contribution in [1.29, 1.82) is 0 Å². The Labute approximate surface area is 86.1 Å². The van der Waals surface area contributed by atoms with E-state index in [1.165, 1.54) is 0 Å². The lowest BCUT2D eigenvalue weighted by Gasteiger charge is -2.71. The standard InChI is InChI=1S/C12H11F3/c13-12(14,15)11-6-10(7-11,8-11)9-4-2-1-3-5-9/h1-5H,6-8H2. The number of alkyl halides is 3. The molecule has 3 aliphatic rings. The predicted molar refractivity (Wildman–Crippen MR) is 50.5 cm³/mol. The number of hydrogen-bond donors (Lipinski definition) is 0. The first kappa shape index (κ1) is 9.25. The second-order valence-electron chi connectivity index (χ2n) is 4.95. The number of rotatable bonds is 1. The summed E-state index contributed by atoms with van der Waals surface area (Å²) < 4.78 is 37.8. The summed E-state index contributed by atoms with van der Waals surface area (Å²) in [5, 5.41) is 0. The fraction of sp³-hybridized carbons (Fsp3) is 0.500. The molecule has 1 aromatic rings. The summed E-state index contributed by atoms with van der Waals surface area (Å²) in [5.74, 6) is 0. The Hall–Kier alpha value is -0.990. The Bertz CT molecular complexity index is 371. The van der Waals surface area contributed by atoms with E-state index in [2.05, 4.69) is 0 Å². The fourth-order valence-electron chi connectivity index (χ4n) is 3.19. The first-order chi connectivity index (χ1) is 6.98. The zero-order chi connectivity index (χ0) is 10.7. The summed E-state index contributed by atoms with van der Waals surface area (Å²) >= 11 is 0. The molecule has 0 unspecified atom stereocenters. The Morgan fingerprint density at radius 2 is 1.47 bits per heavy atom. The third kappa shape index (κ3) is 0.985. The molecule has 15 heavy (non-hydrogen) atoms. The van der Waals surface area contributed by atoms with Crippen LogP contribution in [0.25, 0.3) is 0 Å². The summed E-state index contributed by atoms with van der Waals surface area (Å²) in [6, 6.07) is 9.58. The van der Waals surface area contributed by atoms with E-state index < -0.39 is 11.6 Å². The van der Waals surface area contributed by atoms with Gasteiger partial charge in [-0.2, -0.15) is 13.2 Å². The third-order valence-corrected chi connectivity index (χ3v) is 4.02. The minimum absolute atomic E-state index is 0.142. The Kier molecular flexibility index (Phi) is 1.48. The topological polar surface area (TPSA) is 0 Å². The third-order valence-electron chi connectivity index (χ3n) is 4.02. The van der Waals surface area contributed by atoms with E-state index in [1.807, 2.05) is 30.3 Å². The molecule has 3 saturated carbocycles. The van der Waals surface area contributed by atoms with E-state index in [0.29, 0.717) is 19.3 Å². The maximum atomic E-state index is 12.6. The Balaban J connectivity index is 1.82. The maximum absolute atomic E-state index is 12.6. The largest absolute Gasteiger partial charge is 0.394 e. The van der Waals surface area contributed by atoms with Crippen molar-refractivity contribution in [3.8, 4) is 0 Å². The minimum Gasteiger partial charge on any atom is -0.171 e. The van der Waals surface area contributed by atoms with Crippen LogP contribution in [0, 0.1) is 5.41 Å². The zero-order valence-corrected chi connectivity index (χ0v) is 8.14. The lowest BCUT2D eigenvalue weighted by Crippen LogP contribution is -2.70. The molecule has 3 aliphatic carbocycles. The minimum atomic E-state index is -4.00. The van der Waals surface area contributed by atoms with Gasteiger partial charge in [-0.15, -0.1) is 0 Å². The van der Waals surface area contributed by atoms with Gasteiger partial charge in [0, 0.05) is 0 Å². The molecule has 0 heterocycles. The molecule has 1 aromatic carbocycles. The van der Waals surface area contributed by atoms with Crippen molar-refractivity contribution in [3.63, 3.8) is 0 Å². The molecule has 0 aliphatic heterocycles. The van der Waals surface area contributed by atoms with Crippen LogP contribution in [-0.2, 0) is 5.41 Å². The molecule has 0 radical (unpaired) electrons. The molecule has 3 heteroatoms. The summed E-state index contributed by atoms with van der Waals surface area (Å²) in [6.45, 7) is 0. The highest BCUT2D eigenvalue weighted by Gasteiger charge is 2.78. The first-order valence-electron chi connectivity index (χ1n) is 5.10. The average molecular weight is 212 g/mol. The van der Waals surface area contributed by atoms with Gasteiger partial charge in [0.05, 0.1) is 5.41 Å². The van der Waals surface area contributed by atoms with Crippen LogP contribution in [0.5, 0.6) is 0 Å². The van der Waals surface area contributed by atoms with Gasteiger partial charge in [-0.25, -0.2) is 0 Å². The van der Waals surface area contributed by atoms with Gasteiger partial charge in [0.25, 0.3) is 0 Å². The quantitative estimate of drug-likeness (QED) is 0.666. The molecule has 0 saturated heterocycles. The SMILES string of the molecule is FC(F)(F)C12CC(c3ccccc3)(C1)C2. The Morgan fingerprint density at radius 1 is 0.933 bits per heavy atom. The van der Waals surface area contributed by atoms with Crippen molar-refractivity contribution in [3.05, 3.63) is 35.9 Å². The van der Waals surface area contributed by atoms with Gasteiger partial charge < -0.3 is 0 Å². The highest BCUT2D eigenvalue weighted by atomic mass is 19.4. The van der Waals surface area contributed by atoms with E-state index >= 15 is 0 Å². The van der Waals surface area contributed by atoms with Crippen LogP contribution in [-0.4, -0.2) is 6.18 Å². The van der Waals surface area contributed by atoms with Crippen LogP contribution in [0.3, 0.4) is 0 Å². The van der Waals surface area contributed by atoms with E-state index in [-0.39, 0.29) is 5.41 Å². The highest BCUT2D eigenvalue weighted by molar-refractivity contribution is 5.39. The van der Waals surface area contributed by atoms with Gasteiger partial charge in [-0.3, -0.25) is 0 Å². The van der Waals surface area contributed by atoms with Crippen LogP contribution in [0.15, 0.2) is 30.3 Å². The van der Waals surface area contributed by atoms with Crippen molar-refractivity contribution < 1.29 is 13.2 Å². The second kappa shape index (κ2) is 2.39. The number of benzene rings is 1. The summed E-state index contributed by atoms with van der Waals surface area (Å²) in [4.78, 5) is 0. The molecule has 2 bridgehead atoms. The fourth-order valence-corrected chi connectivity index (χ4v) is 3.19. The van der Waals surface area contributed by atoms with Gasteiger partial charge in [0.2, 0.25) is 0 Å². The van der Waals surface area contributed by atoms with Crippen LogP contribution in [0.1, 0.15) is 24.8 Å². The van der Waals surface area contributed by atoms with E-state index in [9.17, 15) is 13.2 Å². The lowest BCUT2D eigenvalue weighted by molar-refractivity contribution is -0.337. The molecule has 3 fully saturated rings. The van der Waals surface area contributed by atoms with E-state index in [4.69, 9.17) is 0 Å². The van der Waals surface area contributed by atoms with Gasteiger partial charge in [-0.05, 0) is 30.2 Å². The normalized spacial score (nSPS) is 38.1. The van der Waals surface area contributed by atoms with Gasteiger partial charge in [0.1, 0.15) is 0 Å². The smallest absolute Gasteiger partial charge is 0.171 e. The monoisotopic (exact) mass is 212 g/mol.